The molecule has 5 aliphatic carbocycles. The van der Waals surface area contributed by atoms with Gasteiger partial charge in [0.25, 0.3) is 0 Å². The molecule has 7 rings (SSSR count). The van der Waals surface area contributed by atoms with E-state index in [9.17, 15) is 40.9 Å². The first-order valence-electron chi connectivity index (χ1n) is 21.9. The van der Waals surface area contributed by atoms with Gasteiger partial charge in [0.2, 0.25) is 0 Å². The summed E-state index contributed by atoms with van der Waals surface area (Å²) < 4.78 is 25.6. The van der Waals surface area contributed by atoms with Crippen LogP contribution in [0.25, 0.3) is 0 Å². The van der Waals surface area contributed by atoms with Gasteiger partial charge in [-0.1, -0.05) is 73.5 Å². The second-order valence-corrected chi connectivity index (χ2v) is 21.1. The summed E-state index contributed by atoms with van der Waals surface area (Å²) in [6.07, 6.45) is 1.14. The highest BCUT2D eigenvalue weighted by molar-refractivity contribution is 5.34. The number of aliphatic hydroxyl groups is 8. The van der Waals surface area contributed by atoms with Crippen LogP contribution in [0.15, 0.2) is 12.2 Å². The van der Waals surface area contributed by atoms with Crippen molar-refractivity contribution in [3.8, 4) is 0 Å². The Morgan fingerprint density at radius 1 is 0.893 bits per heavy atom. The summed E-state index contributed by atoms with van der Waals surface area (Å²) in [4.78, 5) is 0. The van der Waals surface area contributed by atoms with Gasteiger partial charge < -0.3 is 59.8 Å². The fourth-order valence-electron chi connectivity index (χ4n) is 13.4. The average Bonchev–Trinajstić information content (AvgIpc) is 3.44. The fourth-order valence-corrected chi connectivity index (χ4v) is 13.4. The molecule has 0 aromatic rings. The third kappa shape index (κ3) is 6.44. The Balaban J connectivity index is 1.13. The van der Waals surface area contributed by atoms with Gasteiger partial charge >= 0.3 is 0 Å². The lowest BCUT2D eigenvalue weighted by atomic mass is 9.36. The number of hydrogen-bond acceptors (Lipinski definition) is 12. The zero-order valence-electron chi connectivity index (χ0n) is 34.9. The van der Waals surface area contributed by atoms with Crippen molar-refractivity contribution in [2.45, 2.75) is 192 Å². The molecule has 0 aromatic heterocycles. The predicted molar refractivity (Wildman–Crippen MR) is 207 cm³/mol. The van der Waals surface area contributed by atoms with Gasteiger partial charge in [-0.25, -0.2) is 0 Å². The van der Waals surface area contributed by atoms with E-state index in [1.54, 1.807) is 0 Å². The van der Waals surface area contributed by atoms with E-state index in [4.69, 9.17) is 18.9 Å². The van der Waals surface area contributed by atoms with Crippen molar-refractivity contribution in [2.75, 3.05) is 19.8 Å². The average molecular weight is 795 g/mol. The van der Waals surface area contributed by atoms with Crippen LogP contribution in [0.3, 0.4) is 0 Å². The maximum absolute atomic E-state index is 12.1. The minimum absolute atomic E-state index is 0.102. The number of rotatable bonds is 11. The number of fused-ring (bicyclic) bond motifs is 2. The molecule has 2 heterocycles. The minimum atomic E-state index is -1.68. The predicted octanol–water partition coefficient (Wildman–Crippen LogP) is 3.22. The van der Waals surface area contributed by atoms with Crippen LogP contribution in [0.2, 0.25) is 0 Å². The SMILES string of the molecule is CCCC[C@H](O[C@@H]1C[C@H](C)[C@H](O)[C@H](O[C@@H]2OC(CO)[C@@H](O)C(O)C2O)[C@H]1O)[C@@](C)(CO)[C@@H]1CC[C@]2(C)[C@H](C=C[C@]34OC[C@@]5(CCC(C)(C)C[C@H]53)[C@@H](O)C[C@]42C)C1. The molecule has 12 nitrogen and oxygen atoms in total. The molecule has 4 saturated carbocycles. The molecule has 0 radical (unpaired) electrons. The Hall–Kier alpha value is -0.740. The van der Waals surface area contributed by atoms with E-state index < -0.39 is 85.0 Å². The maximum atomic E-state index is 12.1. The van der Waals surface area contributed by atoms with E-state index in [1.807, 2.05) is 6.92 Å². The molecular formula is C44H74O12. The molecule has 2 aliphatic heterocycles. The number of allylic oxidation sites excluding steroid dienone is 1. The zero-order chi connectivity index (χ0) is 40.8. The van der Waals surface area contributed by atoms with Crippen LogP contribution in [-0.4, -0.2) is 134 Å². The summed E-state index contributed by atoms with van der Waals surface area (Å²) in [5, 5.41) is 87.5. The van der Waals surface area contributed by atoms with Crippen molar-refractivity contribution >= 4 is 0 Å². The topological polar surface area (TPSA) is 199 Å². The first-order valence-corrected chi connectivity index (χ1v) is 21.9. The second kappa shape index (κ2) is 15.3. The van der Waals surface area contributed by atoms with Gasteiger partial charge in [0.1, 0.15) is 36.6 Å². The van der Waals surface area contributed by atoms with Gasteiger partial charge in [0.15, 0.2) is 6.29 Å². The monoisotopic (exact) mass is 795 g/mol. The molecule has 1 spiro atoms. The molecule has 0 amide bonds. The van der Waals surface area contributed by atoms with Gasteiger partial charge in [-0.15, -0.1) is 0 Å². The molecule has 6 fully saturated rings. The van der Waals surface area contributed by atoms with Crippen LogP contribution >= 0.6 is 0 Å². The van der Waals surface area contributed by atoms with E-state index in [1.165, 1.54) is 0 Å². The number of ether oxygens (including phenoxy) is 4. The number of hydrogen-bond donors (Lipinski definition) is 8. The molecule has 2 bridgehead atoms. The van der Waals surface area contributed by atoms with Crippen LogP contribution in [-0.2, 0) is 18.9 Å². The van der Waals surface area contributed by atoms with E-state index in [0.717, 1.165) is 57.8 Å². The van der Waals surface area contributed by atoms with E-state index >= 15 is 0 Å². The lowest BCUT2D eigenvalue weighted by molar-refractivity contribution is -0.334. The lowest BCUT2D eigenvalue weighted by Crippen LogP contribution is -2.70. The molecule has 12 heteroatoms. The van der Waals surface area contributed by atoms with Crippen molar-refractivity contribution < 1.29 is 59.8 Å². The molecule has 322 valence electrons. The largest absolute Gasteiger partial charge is 0.396 e. The third-order valence-electron chi connectivity index (χ3n) is 17.7. The molecule has 8 N–H and O–H groups in total. The van der Waals surface area contributed by atoms with Gasteiger partial charge in [0, 0.05) is 22.2 Å². The van der Waals surface area contributed by atoms with Crippen LogP contribution in [0.5, 0.6) is 0 Å². The zero-order valence-corrected chi connectivity index (χ0v) is 34.9. The summed E-state index contributed by atoms with van der Waals surface area (Å²) >= 11 is 0. The van der Waals surface area contributed by atoms with Crippen LogP contribution in [0.4, 0.5) is 0 Å². The summed E-state index contributed by atoms with van der Waals surface area (Å²) in [6, 6.07) is 0. The smallest absolute Gasteiger partial charge is 0.187 e. The first-order chi connectivity index (χ1) is 26.3. The summed E-state index contributed by atoms with van der Waals surface area (Å²) in [7, 11) is 0. The van der Waals surface area contributed by atoms with Gasteiger partial charge in [-0.05, 0) is 86.4 Å². The van der Waals surface area contributed by atoms with Crippen molar-refractivity contribution in [1.82, 2.24) is 0 Å². The summed E-state index contributed by atoms with van der Waals surface area (Å²) in [5.74, 6) is 0.204. The highest BCUT2D eigenvalue weighted by atomic mass is 16.7. The molecule has 3 unspecified atom stereocenters. The van der Waals surface area contributed by atoms with E-state index in [0.29, 0.717) is 19.4 Å². The van der Waals surface area contributed by atoms with E-state index in [2.05, 4.69) is 53.7 Å². The standard InChI is InChI=1S/C44H74O12/c1-8-9-10-31(54-27-17-24(2)32(48)37(34(27)50)56-38-36(52)35(51)33(49)28(21-45)55-38)40(5,22-46)25-11-13-41(6)26(18-25)12-14-44-29-19-39(3,4)15-16-43(29,23-53-44)30(47)20-42(41,44)7/h12,14,24-38,45-52H,8-11,13,15-23H2,1-7H3/t24-,25+,26+,27+,28?,29+,30-,31-,32-,33+,34-,35?,36?,37-,38-,40-,41+,42-,43+,44-/m0/s1. The van der Waals surface area contributed by atoms with Gasteiger partial charge in [-0.3, -0.25) is 0 Å². The van der Waals surface area contributed by atoms with Gasteiger partial charge in [-0.2, -0.15) is 0 Å². The Morgan fingerprint density at radius 2 is 1.62 bits per heavy atom. The third-order valence-corrected chi connectivity index (χ3v) is 17.7. The fraction of sp³-hybridized carbons (Fsp3) is 0.955. The highest BCUT2D eigenvalue weighted by Gasteiger charge is 2.77. The second-order valence-electron chi connectivity index (χ2n) is 21.1. The molecule has 56 heavy (non-hydrogen) atoms. The number of aliphatic hydroxyl groups excluding tert-OH is 8. The van der Waals surface area contributed by atoms with Crippen LogP contribution in [0.1, 0.15) is 119 Å². The highest BCUT2D eigenvalue weighted by Crippen LogP contribution is 2.76. The Labute approximate surface area is 334 Å². The molecular weight excluding hydrogens is 720 g/mol. The molecule has 0 aromatic carbocycles. The maximum Gasteiger partial charge on any atom is 0.187 e. The first kappa shape index (κ1) is 43.4. The summed E-state index contributed by atoms with van der Waals surface area (Å²) in [6.45, 7) is 15.5. The number of unbranched alkanes of at least 4 members (excludes halogenated alkanes) is 1. The Morgan fingerprint density at radius 3 is 2.30 bits per heavy atom. The molecule has 2 saturated heterocycles. The van der Waals surface area contributed by atoms with Crippen molar-refractivity contribution in [3.05, 3.63) is 12.2 Å². The van der Waals surface area contributed by atoms with Crippen molar-refractivity contribution in [2.24, 2.45) is 50.7 Å². The Kier molecular flexibility index (Phi) is 11.9. The van der Waals surface area contributed by atoms with E-state index in [-0.39, 0.29) is 51.9 Å². The lowest BCUT2D eigenvalue weighted by Gasteiger charge is -2.69. The van der Waals surface area contributed by atoms with Crippen molar-refractivity contribution in [3.63, 3.8) is 0 Å². The minimum Gasteiger partial charge on any atom is -0.396 e. The van der Waals surface area contributed by atoms with Crippen LogP contribution in [0, 0.1) is 50.7 Å². The van der Waals surface area contributed by atoms with Gasteiger partial charge in [0.05, 0.1) is 49.8 Å². The summed E-state index contributed by atoms with van der Waals surface area (Å²) in [5.41, 5.74) is -1.47. The Bertz CT molecular complexity index is 1430. The van der Waals surface area contributed by atoms with Crippen molar-refractivity contribution in [1.29, 1.82) is 0 Å². The molecule has 7 aliphatic rings. The quantitative estimate of drug-likeness (QED) is 0.143. The molecule has 20 atom stereocenters. The normalized spacial score (nSPS) is 52.7. The van der Waals surface area contributed by atoms with Crippen LogP contribution < -0.4 is 0 Å².